The van der Waals surface area contributed by atoms with Gasteiger partial charge in [-0.05, 0) is 34.1 Å². The molecule has 5 heteroatoms. The van der Waals surface area contributed by atoms with Gasteiger partial charge in [-0.1, -0.05) is 0 Å². The second-order valence-electron chi connectivity index (χ2n) is 5.85. The number of rotatable bonds is 6. The average Bonchev–Trinajstić information content (AvgIpc) is 2.34. The normalized spacial score (nSPS) is 24.2. The summed E-state index contributed by atoms with van der Waals surface area (Å²) in [7, 11) is 1.44. The van der Waals surface area contributed by atoms with E-state index < -0.39 is 5.54 Å². The molecule has 19 heavy (non-hydrogen) atoms. The molecule has 1 aliphatic heterocycles. The van der Waals surface area contributed by atoms with Crippen molar-refractivity contribution in [2.75, 3.05) is 33.4 Å². The van der Waals surface area contributed by atoms with Crippen LogP contribution in [0.1, 0.15) is 34.1 Å². The molecule has 1 rings (SSSR count). The second kappa shape index (κ2) is 7.22. The zero-order chi connectivity index (χ0) is 14.5. The van der Waals surface area contributed by atoms with E-state index in [4.69, 9.17) is 9.47 Å². The minimum atomic E-state index is -0.621. The standard InChI is InChI=1S/C14H28N2O3/c1-11(2)15-14(4,13(17)18-5)6-7-16-8-9-19-12(3)10-16/h11-12,15H,6-10H2,1-5H3. The molecule has 0 aromatic heterocycles. The highest BCUT2D eigenvalue weighted by atomic mass is 16.5. The van der Waals surface area contributed by atoms with Gasteiger partial charge in [0.2, 0.25) is 0 Å². The molecule has 1 saturated heterocycles. The van der Waals surface area contributed by atoms with Crippen LogP contribution in [0.4, 0.5) is 0 Å². The van der Waals surface area contributed by atoms with Gasteiger partial charge in [0, 0.05) is 25.7 Å². The molecule has 5 nitrogen and oxygen atoms in total. The van der Waals surface area contributed by atoms with Crippen LogP contribution in [0, 0.1) is 0 Å². The van der Waals surface area contributed by atoms with Crippen LogP contribution >= 0.6 is 0 Å². The molecule has 1 heterocycles. The molecule has 1 N–H and O–H groups in total. The van der Waals surface area contributed by atoms with Crippen LogP contribution in [-0.4, -0.2) is 61.9 Å². The van der Waals surface area contributed by atoms with Gasteiger partial charge < -0.3 is 9.47 Å². The summed E-state index contributed by atoms with van der Waals surface area (Å²) < 4.78 is 10.5. The van der Waals surface area contributed by atoms with Crippen molar-refractivity contribution in [3.05, 3.63) is 0 Å². The third-order valence-electron chi connectivity index (χ3n) is 3.50. The summed E-state index contributed by atoms with van der Waals surface area (Å²) in [6.45, 7) is 11.6. The van der Waals surface area contributed by atoms with E-state index in [0.29, 0.717) is 0 Å². The van der Waals surface area contributed by atoms with Crippen molar-refractivity contribution < 1.29 is 14.3 Å². The van der Waals surface area contributed by atoms with E-state index in [1.165, 1.54) is 7.11 Å². The summed E-state index contributed by atoms with van der Waals surface area (Å²) in [5.74, 6) is -0.192. The maximum atomic E-state index is 12.0. The smallest absolute Gasteiger partial charge is 0.325 e. The van der Waals surface area contributed by atoms with Crippen molar-refractivity contribution in [3.63, 3.8) is 0 Å². The van der Waals surface area contributed by atoms with Crippen molar-refractivity contribution in [1.82, 2.24) is 10.2 Å². The molecule has 2 atom stereocenters. The van der Waals surface area contributed by atoms with Crippen LogP contribution in [0.3, 0.4) is 0 Å². The Hall–Kier alpha value is -0.650. The number of morpholine rings is 1. The zero-order valence-corrected chi connectivity index (χ0v) is 12.9. The third kappa shape index (κ3) is 5.09. The lowest BCUT2D eigenvalue weighted by Gasteiger charge is -2.35. The Kier molecular flexibility index (Phi) is 6.23. The Labute approximate surface area is 116 Å². The van der Waals surface area contributed by atoms with Gasteiger partial charge in [-0.3, -0.25) is 15.0 Å². The second-order valence-corrected chi connectivity index (χ2v) is 5.85. The molecule has 0 saturated carbocycles. The fraction of sp³-hybridized carbons (Fsp3) is 0.929. The highest BCUT2D eigenvalue weighted by molar-refractivity contribution is 5.80. The summed E-state index contributed by atoms with van der Waals surface area (Å²) in [6.07, 6.45) is 1.01. The number of hydrogen-bond donors (Lipinski definition) is 1. The number of carbonyl (C=O) groups excluding carboxylic acids is 1. The minimum Gasteiger partial charge on any atom is -0.468 e. The molecule has 112 valence electrons. The van der Waals surface area contributed by atoms with Gasteiger partial charge in [0.15, 0.2) is 0 Å². The molecule has 0 radical (unpaired) electrons. The topological polar surface area (TPSA) is 50.8 Å². The maximum Gasteiger partial charge on any atom is 0.325 e. The summed E-state index contributed by atoms with van der Waals surface area (Å²) >= 11 is 0. The van der Waals surface area contributed by atoms with Crippen molar-refractivity contribution in [3.8, 4) is 0 Å². The summed E-state index contributed by atoms with van der Waals surface area (Å²) in [5, 5.41) is 3.33. The van der Waals surface area contributed by atoms with E-state index >= 15 is 0 Å². The van der Waals surface area contributed by atoms with Gasteiger partial charge >= 0.3 is 5.97 Å². The van der Waals surface area contributed by atoms with E-state index in [1.807, 2.05) is 20.8 Å². The van der Waals surface area contributed by atoms with Crippen molar-refractivity contribution in [2.24, 2.45) is 0 Å². The fourth-order valence-electron chi connectivity index (χ4n) is 2.57. The lowest BCUT2D eigenvalue weighted by atomic mass is 9.96. The monoisotopic (exact) mass is 272 g/mol. The Bertz CT molecular complexity index is 296. The number of carbonyl (C=O) groups is 1. The number of nitrogens with zero attached hydrogens (tertiary/aromatic N) is 1. The summed E-state index contributed by atoms with van der Waals surface area (Å²) in [6, 6.07) is 0.243. The predicted octanol–water partition coefficient (Wildman–Crippen LogP) is 1.03. The highest BCUT2D eigenvalue weighted by Crippen LogP contribution is 2.15. The molecular weight excluding hydrogens is 244 g/mol. The van der Waals surface area contributed by atoms with E-state index in [1.54, 1.807) is 0 Å². The SMILES string of the molecule is COC(=O)C(C)(CCN1CCOC(C)C1)NC(C)C. The molecule has 2 unspecified atom stereocenters. The van der Waals surface area contributed by atoms with Gasteiger partial charge in [-0.15, -0.1) is 0 Å². The van der Waals surface area contributed by atoms with E-state index in [-0.39, 0.29) is 18.1 Å². The molecule has 0 aliphatic carbocycles. The molecular formula is C14H28N2O3. The van der Waals surface area contributed by atoms with Crippen molar-refractivity contribution in [1.29, 1.82) is 0 Å². The first-order valence-corrected chi connectivity index (χ1v) is 7.07. The predicted molar refractivity (Wildman–Crippen MR) is 75.2 cm³/mol. The van der Waals surface area contributed by atoms with E-state index in [2.05, 4.69) is 17.1 Å². The Balaban J connectivity index is 2.55. The maximum absolute atomic E-state index is 12.0. The van der Waals surface area contributed by atoms with Crippen LogP contribution in [0.15, 0.2) is 0 Å². The molecule has 0 aromatic carbocycles. The quantitative estimate of drug-likeness (QED) is 0.732. The van der Waals surface area contributed by atoms with Crippen LogP contribution in [0.5, 0.6) is 0 Å². The lowest BCUT2D eigenvalue weighted by Crippen LogP contribution is -2.55. The number of hydrogen-bond acceptors (Lipinski definition) is 5. The highest BCUT2D eigenvalue weighted by Gasteiger charge is 2.35. The van der Waals surface area contributed by atoms with Gasteiger partial charge in [0.1, 0.15) is 5.54 Å². The first-order chi connectivity index (χ1) is 8.87. The Morgan fingerprint density at radius 3 is 2.79 bits per heavy atom. The summed E-state index contributed by atoms with van der Waals surface area (Å²) in [4.78, 5) is 14.3. The minimum absolute atomic E-state index is 0.192. The van der Waals surface area contributed by atoms with Crippen LogP contribution in [-0.2, 0) is 14.3 Å². The zero-order valence-electron chi connectivity index (χ0n) is 12.9. The lowest BCUT2D eigenvalue weighted by molar-refractivity contribution is -0.148. The van der Waals surface area contributed by atoms with E-state index in [0.717, 1.165) is 32.7 Å². The molecule has 0 spiro atoms. The number of nitrogens with one attached hydrogen (secondary N) is 1. The third-order valence-corrected chi connectivity index (χ3v) is 3.50. The van der Waals surface area contributed by atoms with Gasteiger partial charge in [0.25, 0.3) is 0 Å². The molecule has 0 aromatic rings. The van der Waals surface area contributed by atoms with Crippen LogP contribution < -0.4 is 5.32 Å². The average molecular weight is 272 g/mol. The van der Waals surface area contributed by atoms with Gasteiger partial charge in [-0.2, -0.15) is 0 Å². The first kappa shape index (κ1) is 16.4. The van der Waals surface area contributed by atoms with Crippen LogP contribution in [0.2, 0.25) is 0 Å². The Morgan fingerprint density at radius 2 is 2.26 bits per heavy atom. The fourth-order valence-corrected chi connectivity index (χ4v) is 2.57. The number of methoxy groups -OCH3 is 1. The van der Waals surface area contributed by atoms with Crippen LogP contribution in [0.25, 0.3) is 0 Å². The number of esters is 1. The number of ether oxygens (including phenoxy) is 2. The van der Waals surface area contributed by atoms with Gasteiger partial charge in [0.05, 0.1) is 19.8 Å². The molecule has 1 aliphatic rings. The molecule has 0 bridgehead atoms. The van der Waals surface area contributed by atoms with Crippen molar-refractivity contribution >= 4 is 5.97 Å². The molecule has 0 amide bonds. The Morgan fingerprint density at radius 1 is 1.58 bits per heavy atom. The van der Waals surface area contributed by atoms with E-state index in [9.17, 15) is 4.79 Å². The molecule has 1 fully saturated rings. The largest absolute Gasteiger partial charge is 0.468 e. The van der Waals surface area contributed by atoms with Gasteiger partial charge in [-0.25, -0.2) is 0 Å². The summed E-state index contributed by atoms with van der Waals surface area (Å²) in [5.41, 5.74) is -0.621. The first-order valence-electron chi connectivity index (χ1n) is 7.07. The van der Waals surface area contributed by atoms with Crippen molar-refractivity contribution in [2.45, 2.75) is 51.8 Å².